The maximum absolute atomic E-state index is 10.9. The van der Waals surface area contributed by atoms with Gasteiger partial charge in [0.25, 0.3) is 6.01 Å². The Balaban J connectivity index is 1.68. The van der Waals surface area contributed by atoms with Crippen LogP contribution >= 0.6 is 27.3 Å². The van der Waals surface area contributed by atoms with Crippen LogP contribution in [-0.2, 0) is 6.42 Å². The molecule has 0 saturated heterocycles. The summed E-state index contributed by atoms with van der Waals surface area (Å²) in [5, 5.41) is 12.0. The summed E-state index contributed by atoms with van der Waals surface area (Å²) in [6.07, 6.45) is 0.870. The van der Waals surface area contributed by atoms with Gasteiger partial charge in [-0.1, -0.05) is 0 Å². The number of halogens is 1. The maximum Gasteiger partial charge on any atom is 0.335 e. The molecule has 21 heavy (non-hydrogen) atoms. The van der Waals surface area contributed by atoms with E-state index in [0.29, 0.717) is 23.7 Å². The minimum Gasteiger partial charge on any atom is -0.478 e. The lowest BCUT2D eigenvalue weighted by Gasteiger charge is -1.98. The fourth-order valence-electron chi connectivity index (χ4n) is 1.91. The SMILES string of the molecule is O=C(O)c1ccc2nc(NCCc3ccc(Br)s3)oc2c1. The predicted molar refractivity (Wildman–Crippen MR) is 85.2 cm³/mol. The molecular formula is C14H11BrN2O3S. The number of nitrogens with zero attached hydrogens (tertiary/aromatic N) is 1. The third-order valence-electron chi connectivity index (χ3n) is 2.91. The van der Waals surface area contributed by atoms with Gasteiger partial charge in [-0.05, 0) is 52.7 Å². The molecule has 0 unspecified atom stereocenters. The van der Waals surface area contributed by atoms with Gasteiger partial charge in [-0.25, -0.2) is 4.79 Å². The second-order valence-corrected chi connectivity index (χ2v) is 6.94. The fraction of sp³-hybridized carbons (Fsp3) is 0.143. The third kappa shape index (κ3) is 3.25. The Kier molecular flexibility index (Phi) is 3.94. The summed E-state index contributed by atoms with van der Waals surface area (Å²) in [5.41, 5.74) is 1.30. The second-order valence-electron chi connectivity index (χ2n) is 4.39. The number of rotatable bonds is 5. The number of carboxylic acid groups (broad SMARTS) is 1. The van der Waals surface area contributed by atoms with Crippen molar-refractivity contribution in [3.05, 3.63) is 44.6 Å². The second kappa shape index (κ2) is 5.87. The van der Waals surface area contributed by atoms with E-state index in [-0.39, 0.29) is 5.56 Å². The number of hydrogen-bond acceptors (Lipinski definition) is 5. The Labute approximate surface area is 132 Å². The smallest absolute Gasteiger partial charge is 0.335 e. The van der Waals surface area contributed by atoms with E-state index < -0.39 is 5.97 Å². The fourth-order valence-corrected chi connectivity index (χ4v) is 3.39. The molecule has 2 heterocycles. The summed E-state index contributed by atoms with van der Waals surface area (Å²) in [7, 11) is 0. The summed E-state index contributed by atoms with van der Waals surface area (Å²) in [6, 6.07) is 9.13. The van der Waals surface area contributed by atoms with Crippen molar-refractivity contribution in [2.45, 2.75) is 6.42 Å². The summed E-state index contributed by atoms with van der Waals surface area (Å²) in [5.74, 6) is -0.980. The summed E-state index contributed by atoms with van der Waals surface area (Å²) < 4.78 is 6.62. The maximum atomic E-state index is 10.9. The van der Waals surface area contributed by atoms with Gasteiger partial charge in [-0.15, -0.1) is 11.3 Å². The molecule has 0 aliphatic rings. The molecule has 0 radical (unpaired) electrons. The average Bonchev–Trinajstić information content (AvgIpc) is 3.03. The van der Waals surface area contributed by atoms with Crippen molar-refractivity contribution >= 4 is 50.4 Å². The quantitative estimate of drug-likeness (QED) is 0.713. The number of aromatic nitrogens is 1. The van der Waals surface area contributed by atoms with E-state index in [1.807, 2.05) is 6.07 Å². The molecule has 0 fully saturated rings. The standard InChI is InChI=1S/C14H11BrN2O3S/c15-12-4-2-9(21-12)5-6-16-14-17-10-3-1-8(13(18)19)7-11(10)20-14/h1-4,7H,5-6H2,(H,16,17)(H,18,19). The van der Waals surface area contributed by atoms with E-state index in [9.17, 15) is 4.79 Å². The molecule has 0 bridgehead atoms. The van der Waals surface area contributed by atoms with E-state index in [4.69, 9.17) is 9.52 Å². The predicted octanol–water partition coefficient (Wildman–Crippen LogP) is 4.00. The first-order valence-electron chi connectivity index (χ1n) is 6.24. The van der Waals surface area contributed by atoms with Crippen LogP contribution in [0.2, 0.25) is 0 Å². The molecule has 2 aromatic heterocycles. The van der Waals surface area contributed by atoms with Crippen molar-refractivity contribution in [1.82, 2.24) is 4.98 Å². The Morgan fingerprint density at radius 2 is 2.24 bits per heavy atom. The third-order valence-corrected chi connectivity index (χ3v) is 4.60. The van der Waals surface area contributed by atoms with Crippen LogP contribution < -0.4 is 5.32 Å². The number of hydrogen-bond donors (Lipinski definition) is 2. The van der Waals surface area contributed by atoms with Crippen LogP contribution in [0.25, 0.3) is 11.1 Å². The molecule has 1 aromatic carbocycles. The van der Waals surface area contributed by atoms with Gasteiger partial charge in [0.15, 0.2) is 5.58 Å². The molecule has 3 rings (SSSR count). The molecular weight excluding hydrogens is 356 g/mol. The zero-order valence-corrected chi connectivity index (χ0v) is 13.2. The average molecular weight is 367 g/mol. The van der Waals surface area contributed by atoms with Crippen molar-refractivity contribution in [2.24, 2.45) is 0 Å². The van der Waals surface area contributed by atoms with Crippen LogP contribution in [0.4, 0.5) is 6.01 Å². The van der Waals surface area contributed by atoms with Gasteiger partial charge in [-0.2, -0.15) is 4.98 Å². The first-order chi connectivity index (χ1) is 10.1. The molecule has 0 atom stereocenters. The lowest BCUT2D eigenvalue weighted by Crippen LogP contribution is -2.03. The van der Waals surface area contributed by atoms with Crippen LogP contribution in [0.5, 0.6) is 0 Å². The lowest BCUT2D eigenvalue weighted by atomic mass is 10.2. The van der Waals surface area contributed by atoms with Gasteiger partial charge < -0.3 is 14.8 Å². The normalized spacial score (nSPS) is 10.9. The Bertz CT molecular complexity index is 796. The van der Waals surface area contributed by atoms with Crippen LogP contribution in [0, 0.1) is 0 Å². The largest absolute Gasteiger partial charge is 0.478 e. The highest BCUT2D eigenvalue weighted by atomic mass is 79.9. The molecule has 0 amide bonds. The molecule has 0 aliphatic carbocycles. The molecule has 0 saturated carbocycles. The van der Waals surface area contributed by atoms with Crippen molar-refractivity contribution in [3.8, 4) is 0 Å². The highest BCUT2D eigenvalue weighted by Crippen LogP contribution is 2.23. The van der Waals surface area contributed by atoms with Crippen molar-refractivity contribution in [1.29, 1.82) is 0 Å². The molecule has 108 valence electrons. The lowest BCUT2D eigenvalue weighted by molar-refractivity contribution is 0.0697. The highest BCUT2D eigenvalue weighted by molar-refractivity contribution is 9.11. The van der Waals surface area contributed by atoms with Crippen molar-refractivity contribution in [2.75, 3.05) is 11.9 Å². The summed E-state index contributed by atoms with van der Waals surface area (Å²) in [4.78, 5) is 16.4. The van der Waals surface area contributed by atoms with Gasteiger partial charge in [0, 0.05) is 11.4 Å². The Morgan fingerprint density at radius 1 is 1.38 bits per heavy atom. The zero-order chi connectivity index (χ0) is 14.8. The summed E-state index contributed by atoms with van der Waals surface area (Å²) >= 11 is 5.12. The van der Waals surface area contributed by atoms with E-state index >= 15 is 0 Å². The number of carbonyl (C=O) groups is 1. The van der Waals surface area contributed by atoms with E-state index in [1.54, 1.807) is 17.4 Å². The van der Waals surface area contributed by atoms with Gasteiger partial charge in [-0.3, -0.25) is 0 Å². The number of benzene rings is 1. The van der Waals surface area contributed by atoms with E-state index in [2.05, 4.69) is 32.3 Å². The van der Waals surface area contributed by atoms with Crippen LogP contribution in [0.15, 0.2) is 38.5 Å². The van der Waals surface area contributed by atoms with Crippen LogP contribution in [0.3, 0.4) is 0 Å². The number of nitrogens with one attached hydrogen (secondary N) is 1. The molecule has 0 aliphatic heterocycles. The molecule has 3 aromatic rings. The summed E-state index contributed by atoms with van der Waals surface area (Å²) in [6.45, 7) is 0.700. The minimum atomic E-state index is -0.980. The van der Waals surface area contributed by atoms with Gasteiger partial charge in [0.05, 0.1) is 9.35 Å². The van der Waals surface area contributed by atoms with E-state index in [1.165, 1.54) is 17.0 Å². The topological polar surface area (TPSA) is 75.4 Å². The molecule has 0 spiro atoms. The zero-order valence-electron chi connectivity index (χ0n) is 10.8. The Morgan fingerprint density at radius 3 is 2.95 bits per heavy atom. The van der Waals surface area contributed by atoms with Crippen LogP contribution in [-0.4, -0.2) is 22.6 Å². The van der Waals surface area contributed by atoms with Crippen LogP contribution in [0.1, 0.15) is 15.2 Å². The van der Waals surface area contributed by atoms with Gasteiger partial charge in [0.1, 0.15) is 5.52 Å². The number of oxazole rings is 1. The number of fused-ring (bicyclic) bond motifs is 1. The first kappa shape index (κ1) is 14.1. The Hall–Kier alpha value is -1.86. The number of carboxylic acids is 1. The van der Waals surface area contributed by atoms with Gasteiger partial charge in [0.2, 0.25) is 0 Å². The minimum absolute atomic E-state index is 0.189. The first-order valence-corrected chi connectivity index (χ1v) is 7.85. The highest BCUT2D eigenvalue weighted by Gasteiger charge is 2.09. The molecule has 2 N–H and O–H groups in total. The number of aromatic carboxylic acids is 1. The molecule has 7 heteroatoms. The number of thiophene rings is 1. The monoisotopic (exact) mass is 366 g/mol. The van der Waals surface area contributed by atoms with Gasteiger partial charge >= 0.3 is 5.97 Å². The molecule has 5 nitrogen and oxygen atoms in total. The number of anilines is 1. The van der Waals surface area contributed by atoms with E-state index in [0.717, 1.165) is 10.2 Å². The van der Waals surface area contributed by atoms with Crippen molar-refractivity contribution in [3.63, 3.8) is 0 Å². The van der Waals surface area contributed by atoms with Crippen molar-refractivity contribution < 1.29 is 14.3 Å².